The first kappa shape index (κ1) is 10.1. The highest BCUT2D eigenvalue weighted by Gasteiger charge is 2.07. The second kappa shape index (κ2) is 4.41. The molecule has 0 saturated heterocycles. The molecule has 1 aromatic carbocycles. The van der Waals surface area contributed by atoms with Crippen molar-refractivity contribution in [3.8, 4) is 0 Å². The Hall–Kier alpha value is -1.41. The first-order valence-electron chi connectivity index (χ1n) is 4.73. The smallest absolute Gasteiger partial charge is 0.138 e. The second-order valence-corrected chi connectivity index (χ2v) is 3.90. The highest BCUT2D eigenvalue weighted by Crippen LogP contribution is 2.18. The molecule has 15 heavy (non-hydrogen) atoms. The van der Waals surface area contributed by atoms with E-state index in [0.717, 1.165) is 22.8 Å². The van der Waals surface area contributed by atoms with Crippen LogP contribution in [0.25, 0.3) is 10.9 Å². The van der Waals surface area contributed by atoms with Crippen molar-refractivity contribution in [2.75, 3.05) is 0 Å². The Kier molecular flexibility index (Phi) is 2.97. The zero-order valence-corrected chi connectivity index (χ0v) is 8.82. The van der Waals surface area contributed by atoms with Crippen molar-refractivity contribution in [3.05, 3.63) is 42.1 Å². The summed E-state index contributed by atoms with van der Waals surface area (Å²) in [6, 6.07) is 9.73. The maximum atomic E-state index is 10.5. The highest BCUT2D eigenvalue weighted by molar-refractivity contribution is 6.27. The number of hydrogen-bond acceptors (Lipinski definition) is 2. The molecule has 3 heteroatoms. The summed E-state index contributed by atoms with van der Waals surface area (Å²) in [5.74, 6) is 0. The Morgan fingerprint density at radius 3 is 3.00 bits per heavy atom. The van der Waals surface area contributed by atoms with Crippen molar-refractivity contribution >= 4 is 28.8 Å². The molecule has 0 aliphatic carbocycles. The van der Waals surface area contributed by atoms with Crippen LogP contribution in [0, 0.1) is 0 Å². The zero-order chi connectivity index (χ0) is 10.7. The lowest BCUT2D eigenvalue weighted by Crippen LogP contribution is -2.04. The first-order chi connectivity index (χ1) is 7.31. The molecule has 0 aliphatic heterocycles. The number of hydrogen-bond donors (Lipinski definition) is 0. The molecule has 2 nitrogen and oxygen atoms in total. The van der Waals surface area contributed by atoms with E-state index in [0.29, 0.717) is 6.42 Å². The van der Waals surface area contributed by atoms with Crippen LogP contribution < -0.4 is 0 Å². The van der Waals surface area contributed by atoms with E-state index in [1.165, 1.54) is 0 Å². The molecular weight excluding hydrogens is 210 g/mol. The maximum absolute atomic E-state index is 10.5. The van der Waals surface area contributed by atoms with Crippen molar-refractivity contribution in [2.45, 2.75) is 11.8 Å². The lowest BCUT2D eigenvalue weighted by atomic mass is 10.0. The minimum absolute atomic E-state index is 0.462. The van der Waals surface area contributed by atoms with Crippen LogP contribution in [0.15, 0.2) is 36.5 Å². The number of rotatable bonds is 3. The zero-order valence-electron chi connectivity index (χ0n) is 8.06. The third kappa shape index (κ3) is 2.16. The van der Waals surface area contributed by atoms with Gasteiger partial charge in [-0.15, -0.1) is 11.6 Å². The third-order valence-corrected chi connectivity index (χ3v) is 2.56. The summed E-state index contributed by atoms with van der Waals surface area (Å²) in [5, 5.41) is 0.600. The lowest BCUT2D eigenvalue weighted by Gasteiger charge is -2.06. The van der Waals surface area contributed by atoms with Crippen LogP contribution in [0.4, 0.5) is 0 Å². The van der Waals surface area contributed by atoms with Crippen molar-refractivity contribution in [2.24, 2.45) is 0 Å². The monoisotopic (exact) mass is 219 g/mol. The van der Waals surface area contributed by atoms with Crippen LogP contribution in [0.5, 0.6) is 0 Å². The molecule has 0 bridgehead atoms. The largest absolute Gasteiger partial charge is 0.302 e. The van der Waals surface area contributed by atoms with Crippen LogP contribution >= 0.6 is 11.6 Å². The average Bonchev–Trinajstić information content (AvgIpc) is 2.29. The molecule has 0 spiro atoms. The van der Waals surface area contributed by atoms with Gasteiger partial charge >= 0.3 is 0 Å². The molecule has 76 valence electrons. The fourth-order valence-corrected chi connectivity index (χ4v) is 1.77. The summed E-state index contributed by atoms with van der Waals surface area (Å²) < 4.78 is 0. The Bertz CT molecular complexity index is 479. The summed E-state index contributed by atoms with van der Waals surface area (Å²) in [6.45, 7) is 0. The minimum atomic E-state index is -0.462. The van der Waals surface area contributed by atoms with Crippen LogP contribution in [0.2, 0.25) is 0 Å². The number of pyridine rings is 1. The summed E-state index contributed by atoms with van der Waals surface area (Å²) in [7, 11) is 0. The van der Waals surface area contributed by atoms with Gasteiger partial charge in [-0.1, -0.05) is 18.2 Å². The van der Waals surface area contributed by atoms with Crippen LogP contribution in [0.1, 0.15) is 5.56 Å². The molecule has 2 rings (SSSR count). The molecule has 1 unspecified atom stereocenters. The Morgan fingerprint density at radius 2 is 2.20 bits per heavy atom. The molecule has 1 aromatic heterocycles. The lowest BCUT2D eigenvalue weighted by molar-refractivity contribution is -0.107. The number of aldehydes is 1. The van der Waals surface area contributed by atoms with E-state index in [1.54, 1.807) is 6.20 Å². The molecule has 0 radical (unpaired) electrons. The summed E-state index contributed by atoms with van der Waals surface area (Å²) in [5.41, 5.74) is 2.00. The van der Waals surface area contributed by atoms with Crippen LogP contribution in [-0.2, 0) is 11.2 Å². The summed E-state index contributed by atoms with van der Waals surface area (Å²) >= 11 is 5.81. The standard InChI is InChI=1S/C12H10ClNO/c13-10(8-15)7-9-3-1-5-12-11(9)4-2-6-14-12/h1-6,8,10H,7H2. The van der Waals surface area contributed by atoms with Gasteiger partial charge in [0, 0.05) is 11.6 Å². The molecular formula is C12H10ClNO. The number of nitrogens with zero attached hydrogens (tertiary/aromatic N) is 1. The summed E-state index contributed by atoms with van der Waals surface area (Å²) in [6.07, 6.45) is 3.06. The maximum Gasteiger partial charge on any atom is 0.138 e. The normalized spacial score (nSPS) is 12.6. The van der Waals surface area contributed by atoms with E-state index in [9.17, 15) is 4.79 Å². The fourth-order valence-electron chi connectivity index (χ4n) is 1.60. The minimum Gasteiger partial charge on any atom is -0.302 e. The van der Waals surface area contributed by atoms with E-state index in [2.05, 4.69) is 4.98 Å². The van der Waals surface area contributed by atoms with Crippen LogP contribution in [0.3, 0.4) is 0 Å². The van der Waals surface area contributed by atoms with E-state index < -0.39 is 5.38 Å². The number of carbonyl (C=O) groups is 1. The van der Waals surface area contributed by atoms with Gasteiger partial charge in [-0.05, 0) is 24.1 Å². The summed E-state index contributed by atoms with van der Waals surface area (Å²) in [4.78, 5) is 14.7. The first-order valence-corrected chi connectivity index (χ1v) is 5.17. The predicted octanol–water partition coefficient (Wildman–Crippen LogP) is 2.58. The highest BCUT2D eigenvalue weighted by atomic mass is 35.5. The Balaban J connectivity index is 2.46. The second-order valence-electron chi connectivity index (χ2n) is 3.34. The third-order valence-electron chi connectivity index (χ3n) is 2.30. The SMILES string of the molecule is O=CC(Cl)Cc1cccc2ncccc12. The average molecular weight is 220 g/mol. The van der Waals surface area contributed by atoms with Crippen molar-refractivity contribution in [3.63, 3.8) is 0 Å². The number of benzene rings is 1. The topological polar surface area (TPSA) is 30.0 Å². The van der Waals surface area contributed by atoms with Gasteiger partial charge in [0.25, 0.3) is 0 Å². The number of aromatic nitrogens is 1. The van der Waals surface area contributed by atoms with Gasteiger partial charge < -0.3 is 4.79 Å². The van der Waals surface area contributed by atoms with Crippen molar-refractivity contribution in [1.82, 2.24) is 4.98 Å². The fraction of sp³-hybridized carbons (Fsp3) is 0.167. The van der Waals surface area contributed by atoms with Gasteiger partial charge in [0.15, 0.2) is 0 Å². The van der Waals surface area contributed by atoms with E-state index >= 15 is 0 Å². The van der Waals surface area contributed by atoms with Gasteiger partial charge in [-0.25, -0.2) is 0 Å². The Morgan fingerprint density at radius 1 is 1.33 bits per heavy atom. The number of fused-ring (bicyclic) bond motifs is 1. The van der Waals surface area contributed by atoms with E-state index in [1.807, 2.05) is 30.3 Å². The van der Waals surface area contributed by atoms with Gasteiger partial charge in [-0.3, -0.25) is 4.98 Å². The van der Waals surface area contributed by atoms with Crippen LogP contribution in [-0.4, -0.2) is 16.6 Å². The quantitative estimate of drug-likeness (QED) is 0.587. The number of alkyl halides is 1. The van der Waals surface area contributed by atoms with Crippen molar-refractivity contribution in [1.29, 1.82) is 0 Å². The molecule has 0 fully saturated rings. The molecule has 0 saturated carbocycles. The van der Waals surface area contributed by atoms with E-state index in [-0.39, 0.29) is 0 Å². The van der Waals surface area contributed by atoms with Gasteiger partial charge in [0.2, 0.25) is 0 Å². The molecule has 0 N–H and O–H groups in total. The van der Waals surface area contributed by atoms with Gasteiger partial charge in [0.1, 0.15) is 6.29 Å². The molecule has 2 aromatic rings. The molecule has 0 amide bonds. The number of halogens is 1. The number of carbonyl (C=O) groups excluding carboxylic acids is 1. The van der Waals surface area contributed by atoms with Gasteiger partial charge in [-0.2, -0.15) is 0 Å². The molecule has 0 aliphatic rings. The van der Waals surface area contributed by atoms with E-state index in [4.69, 9.17) is 11.6 Å². The Labute approximate surface area is 92.9 Å². The van der Waals surface area contributed by atoms with Crippen molar-refractivity contribution < 1.29 is 4.79 Å². The molecule has 1 heterocycles. The van der Waals surface area contributed by atoms with Gasteiger partial charge in [0.05, 0.1) is 10.9 Å². The predicted molar refractivity (Wildman–Crippen MR) is 61.2 cm³/mol. The molecule has 1 atom stereocenters.